The van der Waals surface area contributed by atoms with E-state index in [1.165, 1.54) is 0 Å². The van der Waals surface area contributed by atoms with Crippen LogP contribution in [0.15, 0.2) is 56.0 Å². The Bertz CT molecular complexity index is 898. The summed E-state index contributed by atoms with van der Waals surface area (Å²) in [5.41, 5.74) is 0.833. The van der Waals surface area contributed by atoms with Crippen LogP contribution >= 0.6 is 31.9 Å². The molecule has 3 rings (SSSR count). The summed E-state index contributed by atoms with van der Waals surface area (Å²) in [5, 5.41) is 10.8. The lowest BCUT2D eigenvalue weighted by Gasteiger charge is -2.13. The minimum atomic E-state index is -0.172. The summed E-state index contributed by atoms with van der Waals surface area (Å²) in [4.78, 5) is 18.0. The van der Waals surface area contributed by atoms with E-state index in [-0.39, 0.29) is 12.5 Å². The molecular weight excluding hydrogens is 466 g/mol. The normalized spacial score (nSPS) is 10.9. The molecule has 0 spiro atoms. The molecule has 0 aliphatic heterocycles. The highest BCUT2D eigenvalue weighted by atomic mass is 79.9. The molecule has 1 amide bonds. The second-order valence-corrected chi connectivity index (χ2v) is 7.42. The van der Waals surface area contributed by atoms with Crippen LogP contribution < -0.4 is 5.32 Å². The first-order chi connectivity index (χ1) is 12.5. The van der Waals surface area contributed by atoms with Gasteiger partial charge in [-0.1, -0.05) is 22.0 Å². The molecule has 0 saturated heterocycles. The molecule has 2 heterocycles. The maximum Gasteiger partial charge on any atom is 0.247 e. The molecule has 3 aromatic rings. The molecule has 0 bridgehead atoms. The number of nitrogens with one attached hydrogen (secondary N) is 1. The van der Waals surface area contributed by atoms with E-state index in [1.54, 1.807) is 24.2 Å². The molecule has 7 nitrogen and oxygen atoms in total. The van der Waals surface area contributed by atoms with E-state index >= 15 is 0 Å². The fourth-order valence-electron chi connectivity index (χ4n) is 2.22. The molecular formula is C17H15Br2N5O2. The fourth-order valence-corrected chi connectivity index (χ4v) is 2.85. The number of nitrogens with zero attached hydrogens (tertiary/aromatic N) is 4. The highest BCUT2D eigenvalue weighted by Gasteiger charge is 2.13. The molecule has 0 aliphatic carbocycles. The summed E-state index contributed by atoms with van der Waals surface area (Å²) in [6.07, 6.45) is 1.63. The van der Waals surface area contributed by atoms with Crippen molar-refractivity contribution in [1.29, 1.82) is 0 Å². The van der Waals surface area contributed by atoms with E-state index in [0.717, 1.165) is 14.5 Å². The molecule has 1 aromatic carbocycles. The lowest BCUT2D eigenvalue weighted by atomic mass is 10.2. The maximum atomic E-state index is 12.1. The number of benzene rings is 1. The highest BCUT2D eigenvalue weighted by Crippen LogP contribution is 2.22. The number of hydrogen-bond donors (Lipinski definition) is 1. The van der Waals surface area contributed by atoms with Gasteiger partial charge in [0.15, 0.2) is 0 Å². The van der Waals surface area contributed by atoms with Crippen molar-refractivity contribution in [3.8, 4) is 11.5 Å². The summed E-state index contributed by atoms with van der Waals surface area (Å²) in [6.45, 7) is 0.536. The molecule has 0 atom stereocenters. The van der Waals surface area contributed by atoms with Gasteiger partial charge in [0.2, 0.25) is 17.7 Å². The van der Waals surface area contributed by atoms with Gasteiger partial charge in [-0.2, -0.15) is 0 Å². The van der Waals surface area contributed by atoms with Crippen LogP contribution in [0, 0.1) is 0 Å². The number of carbonyl (C=O) groups is 1. The first kappa shape index (κ1) is 18.7. The van der Waals surface area contributed by atoms with Crippen LogP contribution in [0.3, 0.4) is 0 Å². The van der Waals surface area contributed by atoms with Gasteiger partial charge in [0.05, 0.1) is 13.1 Å². The van der Waals surface area contributed by atoms with Crippen molar-refractivity contribution in [2.24, 2.45) is 0 Å². The lowest BCUT2D eigenvalue weighted by Crippen LogP contribution is -2.30. The standard InChI is InChI=1S/C17H15Br2N5O2/c1-24(9-15(25)21-14-6-5-13(19)8-20-14)10-16-22-23-17(26-16)11-3-2-4-12(18)7-11/h2-8H,9-10H2,1H3,(H,20,21,25). The van der Waals surface area contributed by atoms with Crippen LogP contribution in [-0.4, -0.2) is 39.6 Å². The second-order valence-electron chi connectivity index (χ2n) is 5.59. The molecule has 9 heteroatoms. The molecule has 0 fully saturated rings. The van der Waals surface area contributed by atoms with Crippen molar-refractivity contribution in [2.75, 3.05) is 18.9 Å². The Morgan fingerprint density at radius 3 is 2.77 bits per heavy atom. The Balaban J connectivity index is 1.55. The number of halogens is 2. The Morgan fingerprint density at radius 1 is 1.19 bits per heavy atom. The number of hydrogen-bond acceptors (Lipinski definition) is 6. The van der Waals surface area contributed by atoms with Crippen molar-refractivity contribution >= 4 is 43.6 Å². The van der Waals surface area contributed by atoms with Crippen molar-refractivity contribution in [3.63, 3.8) is 0 Å². The average Bonchev–Trinajstić information content (AvgIpc) is 3.05. The summed E-state index contributed by atoms with van der Waals surface area (Å²) < 4.78 is 7.46. The highest BCUT2D eigenvalue weighted by molar-refractivity contribution is 9.10. The number of likely N-dealkylation sites (N-methyl/N-ethyl adjacent to an activating group) is 1. The van der Waals surface area contributed by atoms with Gasteiger partial charge in [-0.3, -0.25) is 9.69 Å². The van der Waals surface area contributed by atoms with Crippen molar-refractivity contribution in [2.45, 2.75) is 6.54 Å². The zero-order valence-corrected chi connectivity index (χ0v) is 17.0. The van der Waals surface area contributed by atoms with Crippen LogP contribution in [0.4, 0.5) is 5.82 Å². The molecule has 0 saturated carbocycles. The van der Waals surface area contributed by atoms with Gasteiger partial charge in [-0.25, -0.2) is 4.98 Å². The SMILES string of the molecule is CN(CC(=O)Nc1ccc(Br)cn1)Cc1nnc(-c2cccc(Br)c2)o1. The van der Waals surface area contributed by atoms with Gasteiger partial charge < -0.3 is 9.73 Å². The van der Waals surface area contributed by atoms with Gasteiger partial charge in [0.25, 0.3) is 0 Å². The summed E-state index contributed by atoms with van der Waals surface area (Å²) in [7, 11) is 1.80. The predicted molar refractivity (Wildman–Crippen MR) is 104 cm³/mol. The minimum absolute atomic E-state index is 0.172. The van der Waals surface area contributed by atoms with E-state index in [2.05, 4.69) is 52.4 Å². The van der Waals surface area contributed by atoms with E-state index in [4.69, 9.17) is 4.42 Å². The summed E-state index contributed by atoms with van der Waals surface area (Å²) in [5.74, 6) is 1.21. The van der Waals surface area contributed by atoms with Crippen LogP contribution in [-0.2, 0) is 11.3 Å². The third kappa shape index (κ3) is 5.20. The van der Waals surface area contributed by atoms with E-state index < -0.39 is 0 Å². The van der Waals surface area contributed by atoms with Gasteiger partial charge in [-0.15, -0.1) is 10.2 Å². The van der Waals surface area contributed by atoms with Crippen molar-refractivity contribution in [3.05, 3.63) is 57.4 Å². The molecule has 0 unspecified atom stereocenters. The van der Waals surface area contributed by atoms with Crippen LogP contribution in [0.1, 0.15) is 5.89 Å². The number of carbonyl (C=O) groups excluding carboxylic acids is 1. The molecule has 2 aromatic heterocycles. The third-order valence-corrected chi connectivity index (χ3v) is 4.31. The molecule has 134 valence electrons. The lowest BCUT2D eigenvalue weighted by molar-refractivity contribution is -0.117. The number of amides is 1. The molecule has 0 radical (unpaired) electrons. The minimum Gasteiger partial charge on any atom is -0.419 e. The molecule has 26 heavy (non-hydrogen) atoms. The Labute approximate surface area is 167 Å². The van der Waals surface area contributed by atoms with Crippen LogP contribution in [0.2, 0.25) is 0 Å². The van der Waals surface area contributed by atoms with E-state index in [1.807, 2.05) is 30.3 Å². The quantitative estimate of drug-likeness (QED) is 0.578. The number of rotatable bonds is 6. The first-order valence-electron chi connectivity index (χ1n) is 7.68. The number of aromatic nitrogens is 3. The predicted octanol–water partition coefficient (Wildman–Crippen LogP) is 3.73. The average molecular weight is 481 g/mol. The Hall–Kier alpha value is -2.10. The second kappa shape index (κ2) is 8.52. The largest absolute Gasteiger partial charge is 0.419 e. The van der Waals surface area contributed by atoms with Gasteiger partial charge in [0.1, 0.15) is 5.82 Å². The maximum absolute atomic E-state index is 12.1. The monoisotopic (exact) mass is 479 g/mol. The van der Waals surface area contributed by atoms with Crippen molar-refractivity contribution in [1.82, 2.24) is 20.1 Å². The Kier molecular flexibility index (Phi) is 6.12. The first-order valence-corrected chi connectivity index (χ1v) is 9.26. The smallest absolute Gasteiger partial charge is 0.247 e. The van der Waals surface area contributed by atoms with Gasteiger partial charge >= 0.3 is 0 Å². The number of anilines is 1. The van der Waals surface area contributed by atoms with Crippen LogP contribution in [0.25, 0.3) is 11.5 Å². The zero-order valence-electron chi connectivity index (χ0n) is 13.8. The number of pyridine rings is 1. The summed E-state index contributed by atoms with van der Waals surface area (Å²) in [6, 6.07) is 11.2. The third-order valence-electron chi connectivity index (χ3n) is 3.35. The van der Waals surface area contributed by atoms with E-state index in [0.29, 0.717) is 24.1 Å². The van der Waals surface area contributed by atoms with Crippen LogP contribution in [0.5, 0.6) is 0 Å². The van der Waals surface area contributed by atoms with Gasteiger partial charge in [-0.05, 0) is 53.3 Å². The Morgan fingerprint density at radius 2 is 2.04 bits per heavy atom. The van der Waals surface area contributed by atoms with E-state index in [9.17, 15) is 4.79 Å². The zero-order chi connectivity index (χ0) is 18.5. The summed E-state index contributed by atoms with van der Waals surface area (Å²) >= 11 is 6.72. The topological polar surface area (TPSA) is 84.2 Å². The van der Waals surface area contributed by atoms with Crippen molar-refractivity contribution < 1.29 is 9.21 Å². The molecule has 0 aliphatic rings. The van der Waals surface area contributed by atoms with Gasteiger partial charge in [0, 0.05) is 20.7 Å². The molecule has 1 N–H and O–H groups in total. The fraction of sp³-hybridized carbons (Fsp3) is 0.176.